The van der Waals surface area contributed by atoms with Crippen LogP contribution in [0, 0.1) is 0 Å². The Kier molecular flexibility index (Phi) is 1.05. The van der Waals surface area contributed by atoms with E-state index in [0.717, 1.165) is 5.52 Å². The fourth-order valence-electron chi connectivity index (χ4n) is 1.42. The number of H-pyrrole nitrogens is 2. The number of benzene rings is 1. The molecule has 3 rings (SSSR count). The van der Waals surface area contributed by atoms with E-state index in [1.165, 1.54) is 0 Å². The first-order valence-corrected chi connectivity index (χ1v) is 3.84. The van der Waals surface area contributed by atoms with Gasteiger partial charge in [0.15, 0.2) is 11.5 Å². The molecule has 5 nitrogen and oxygen atoms in total. The minimum atomic E-state index is -0.145. The molecule has 0 atom stereocenters. The number of hydrogen-bond donors (Lipinski definition) is 2. The van der Waals surface area contributed by atoms with E-state index in [1.54, 1.807) is 12.1 Å². The van der Waals surface area contributed by atoms with Gasteiger partial charge in [0.2, 0.25) is 6.79 Å². The summed E-state index contributed by atoms with van der Waals surface area (Å²) in [5, 5.41) is 5.82. The first kappa shape index (κ1) is 6.59. The third-order valence-corrected chi connectivity index (χ3v) is 2.07. The van der Waals surface area contributed by atoms with Gasteiger partial charge in [0, 0.05) is 6.07 Å². The largest absolute Gasteiger partial charge is 0.454 e. The van der Waals surface area contributed by atoms with Crippen molar-refractivity contribution in [3.63, 3.8) is 0 Å². The third-order valence-electron chi connectivity index (χ3n) is 2.07. The molecule has 0 saturated heterocycles. The number of hydrogen-bond acceptors (Lipinski definition) is 3. The summed E-state index contributed by atoms with van der Waals surface area (Å²) in [4.78, 5) is 11.2. The maximum Gasteiger partial charge on any atom is 0.271 e. The summed E-state index contributed by atoms with van der Waals surface area (Å²) in [7, 11) is 0. The Hall–Kier alpha value is -1.91. The van der Waals surface area contributed by atoms with E-state index in [2.05, 4.69) is 10.2 Å². The molecule has 0 bridgehead atoms. The maximum atomic E-state index is 11.2. The van der Waals surface area contributed by atoms with Gasteiger partial charge in [-0.05, 0) is 6.07 Å². The van der Waals surface area contributed by atoms with Gasteiger partial charge in [-0.2, -0.15) is 0 Å². The van der Waals surface area contributed by atoms with Crippen molar-refractivity contribution >= 4 is 10.9 Å². The van der Waals surface area contributed by atoms with E-state index in [4.69, 9.17) is 9.47 Å². The first-order chi connectivity index (χ1) is 6.34. The summed E-state index contributed by atoms with van der Waals surface area (Å²) in [6, 6.07) is 3.42. The molecule has 0 amide bonds. The van der Waals surface area contributed by atoms with Gasteiger partial charge in [-0.1, -0.05) is 0 Å². The Labute approximate surface area is 72.3 Å². The molecule has 5 heteroatoms. The monoisotopic (exact) mass is 178 g/mol. The number of ether oxygens (including phenoxy) is 2. The van der Waals surface area contributed by atoms with Gasteiger partial charge in [-0.3, -0.25) is 15.0 Å². The van der Waals surface area contributed by atoms with E-state index >= 15 is 0 Å². The van der Waals surface area contributed by atoms with Crippen LogP contribution in [0.1, 0.15) is 0 Å². The average Bonchev–Trinajstić information content (AvgIpc) is 2.70. The quantitative estimate of drug-likeness (QED) is 0.620. The van der Waals surface area contributed by atoms with Crippen molar-refractivity contribution in [3.8, 4) is 11.5 Å². The van der Waals surface area contributed by atoms with Crippen LogP contribution in [0.4, 0.5) is 0 Å². The molecule has 13 heavy (non-hydrogen) atoms. The first-order valence-electron chi connectivity index (χ1n) is 3.84. The van der Waals surface area contributed by atoms with Crippen LogP contribution in [-0.4, -0.2) is 17.0 Å². The molecule has 1 aromatic heterocycles. The Morgan fingerprint density at radius 1 is 1.15 bits per heavy atom. The SMILES string of the molecule is O=c1[nH][nH]c2cc3c(cc12)OCO3. The molecule has 1 aliphatic rings. The maximum absolute atomic E-state index is 11.2. The van der Waals surface area contributed by atoms with Gasteiger partial charge in [0.1, 0.15) is 0 Å². The van der Waals surface area contributed by atoms with Crippen LogP contribution in [0.5, 0.6) is 11.5 Å². The summed E-state index contributed by atoms with van der Waals surface area (Å²) in [5.41, 5.74) is 0.586. The van der Waals surface area contributed by atoms with Crippen molar-refractivity contribution in [1.29, 1.82) is 0 Å². The van der Waals surface area contributed by atoms with Crippen molar-refractivity contribution in [3.05, 3.63) is 22.5 Å². The van der Waals surface area contributed by atoms with Crippen LogP contribution in [0.25, 0.3) is 10.9 Å². The standard InChI is InChI=1S/C8H6N2O3/c11-8-4-1-6-7(13-3-12-6)2-5(4)9-10-8/h1-2H,3H2,(H2,9,10,11). The minimum Gasteiger partial charge on any atom is -0.454 e. The summed E-state index contributed by atoms with van der Waals surface area (Å²) >= 11 is 0. The summed E-state index contributed by atoms with van der Waals surface area (Å²) in [5.74, 6) is 1.29. The van der Waals surface area contributed by atoms with Crippen LogP contribution in [0.2, 0.25) is 0 Å². The second-order valence-electron chi connectivity index (χ2n) is 2.83. The van der Waals surface area contributed by atoms with Crippen LogP contribution < -0.4 is 15.0 Å². The fraction of sp³-hybridized carbons (Fsp3) is 0.125. The number of aromatic nitrogens is 2. The second kappa shape index (κ2) is 2.07. The number of fused-ring (bicyclic) bond motifs is 2. The molecule has 2 aromatic rings. The van der Waals surface area contributed by atoms with E-state index in [1.807, 2.05) is 0 Å². The number of nitrogens with one attached hydrogen (secondary N) is 2. The molecule has 2 N–H and O–H groups in total. The van der Waals surface area contributed by atoms with E-state index in [9.17, 15) is 4.79 Å². The minimum absolute atomic E-state index is 0.145. The molecule has 1 aromatic carbocycles. The summed E-state index contributed by atoms with van der Waals surface area (Å²) < 4.78 is 10.3. The molecule has 0 unspecified atom stereocenters. The van der Waals surface area contributed by atoms with Gasteiger partial charge >= 0.3 is 0 Å². The average molecular weight is 178 g/mol. The number of aromatic amines is 2. The normalized spacial score (nSPS) is 13.8. The van der Waals surface area contributed by atoms with E-state index < -0.39 is 0 Å². The zero-order chi connectivity index (χ0) is 8.84. The smallest absolute Gasteiger partial charge is 0.271 e. The fourth-order valence-corrected chi connectivity index (χ4v) is 1.42. The van der Waals surface area contributed by atoms with Crippen molar-refractivity contribution in [1.82, 2.24) is 10.2 Å². The summed E-state index contributed by atoms with van der Waals surface area (Å²) in [6.07, 6.45) is 0. The van der Waals surface area contributed by atoms with Crippen molar-refractivity contribution < 1.29 is 9.47 Å². The molecule has 1 aliphatic heterocycles. The highest BCUT2D eigenvalue weighted by molar-refractivity contribution is 5.82. The van der Waals surface area contributed by atoms with Crippen LogP contribution in [0.15, 0.2) is 16.9 Å². The van der Waals surface area contributed by atoms with Crippen molar-refractivity contribution in [2.24, 2.45) is 0 Å². The van der Waals surface area contributed by atoms with Crippen molar-refractivity contribution in [2.45, 2.75) is 0 Å². The lowest BCUT2D eigenvalue weighted by Crippen LogP contribution is -1.97. The van der Waals surface area contributed by atoms with E-state index in [-0.39, 0.29) is 12.4 Å². The summed E-state index contributed by atoms with van der Waals surface area (Å²) in [6.45, 7) is 0.222. The molecule has 0 saturated carbocycles. The van der Waals surface area contributed by atoms with Crippen LogP contribution >= 0.6 is 0 Å². The predicted molar refractivity (Wildman–Crippen MR) is 45.0 cm³/mol. The van der Waals surface area contributed by atoms with Crippen LogP contribution in [0.3, 0.4) is 0 Å². The molecule has 0 spiro atoms. The molecule has 66 valence electrons. The van der Waals surface area contributed by atoms with Gasteiger partial charge in [0.05, 0.1) is 10.9 Å². The Bertz CT molecular complexity index is 526. The lowest BCUT2D eigenvalue weighted by molar-refractivity contribution is 0.174. The number of rotatable bonds is 0. The zero-order valence-electron chi connectivity index (χ0n) is 6.59. The lowest BCUT2D eigenvalue weighted by Gasteiger charge is -1.93. The lowest BCUT2D eigenvalue weighted by atomic mass is 10.2. The van der Waals surface area contributed by atoms with Gasteiger partial charge < -0.3 is 9.47 Å². The second-order valence-corrected chi connectivity index (χ2v) is 2.83. The van der Waals surface area contributed by atoms with Gasteiger partial charge in [0.25, 0.3) is 5.56 Å². The topological polar surface area (TPSA) is 67.1 Å². The highest BCUT2D eigenvalue weighted by Crippen LogP contribution is 2.34. The molecular formula is C8H6N2O3. The third kappa shape index (κ3) is 0.780. The predicted octanol–water partition coefficient (Wildman–Crippen LogP) is 0.585. The Morgan fingerprint density at radius 2 is 1.92 bits per heavy atom. The van der Waals surface area contributed by atoms with E-state index in [0.29, 0.717) is 16.9 Å². The van der Waals surface area contributed by atoms with Crippen LogP contribution in [-0.2, 0) is 0 Å². The Balaban J connectivity index is 2.45. The van der Waals surface area contributed by atoms with Crippen molar-refractivity contribution in [2.75, 3.05) is 6.79 Å². The molecule has 0 radical (unpaired) electrons. The molecular weight excluding hydrogens is 172 g/mol. The highest BCUT2D eigenvalue weighted by atomic mass is 16.7. The molecule has 0 aliphatic carbocycles. The zero-order valence-corrected chi connectivity index (χ0v) is 6.59. The van der Waals surface area contributed by atoms with Gasteiger partial charge in [-0.15, -0.1) is 0 Å². The van der Waals surface area contributed by atoms with Gasteiger partial charge in [-0.25, -0.2) is 0 Å². The molecule has 0 fully saturated rings. The Morgan fingerprint density at radius 3 is 2.77 bits per heavy atom. The highest BCUT2D eigenvalue weighted by Gasteiger charge is 2.15. The molecule has 2 heterocycles.